The lowest BCUT2D eigenvalue weighted by atomic mass is 10.1. The van der Waals surface area contributed by atoms with Gasteiger partial charge in [-0.25, -0.2) is 0 Å². The van der Waals surface area contributed by atoms with Gasteiger partial charge in [0.1, 0.15) is 5.75 Å². The first-order valence-electron chi connectivity index (χ1n) is 7.25. The zero-order valence-electron chi connectivity index (χ0n) is 12.1. The largest absolute Gasteiger partial charge is 0.494 e. The zero-order chi connectivity index (χ0) is 15.4. The molecule has 3 aromatic rings. The highest BCUT2D eigenvalue weighted by Gasteiger charge is 2.03. The van der Waals surface area contributed by atoms with Crippen molar-refractivity contribution in [2.24, 2.45) is 0 Å². The van der Waals surface area contributed by atoms with Crippen LogP contribution in [0.5, 0.6) is 5.75 Å². The van der Waals surface area contributed by atoms with Crippen molar-refractivity contribution >= 4 is 16.9 Å². The Kier molecular flexibility index (Phi) is 4.10. The fraction of sp³-hybridized carbons (Fsp3) is 0.167. The molecule has 0 bridgehead atoms. The summed E-state index contributed by atoms with van der Waals surface area (Å²) < 4.78 is 5.53. The summed E-state index contributed by atoms with van der Waals surface area (Å²) >= 11 is 0. The highest BCUT2D eigenvalue weighted by molar-refractivity contribution is 5.85. The van der Waals surface area contributed by atoms with Gasteiger partial charge in [-0.15, -0.1) is 0 Å². The van der Waals surface area contributed by atoms with Crippen molar-refractivity contribution < 1.29 is 14.6 Å². The number of nitrogens with one attached hydrogen (secondary N) is 1. The van der Waals surface area contributed by atoms with E-state index in [9.17, 15) is 4.79 Å². The van der Waals surface area contributed by atoms with Gasteiger partial charge in [0, 0.05) is 23.0 Å². The number of para-hydroxylation sites is 1. The minimum Gasteiger partial charge on any atom is -0.494 e. The molecule has 22 heavy (non-hydrogen) atoms. The summed E-state index contributed by atoms with van der Waals surface area (Å²) in [6.07, 6.45) is 0.645. The Morgan fingerprint density at radius 3 is 2.59 bits per heavy atom. The number of rotatable bonds is 6. The lowest BCUT2D eigenvalue weighted by Gasteiger charge is -2.06. The van der Waals surface area contributed by atoms with E-state index in [0.717, 1.165) is 22.5 Å². The number of carbonyl (C=O) groups is 1. The Bertz CT molecular complexity index is 741. The van der Waals surface area contributed by atoms with Gasteiger partial charge in [-0.05, 0) is 48.4 Å². The average molecular weight is 295 g/mol. The molecule has 2 aromatic carbocycles. The molecule has 0 radical (unpaired) electrons. The lowest BCUT2D eigenvalue weighted by molar-refractivity contribution is -0.137. The van der Waals surface area contributed by atoms with Crippen LogP contribution in [0.1, 0.15) is 12.8 Å². The van der Waals surface area contributed by atoms with Crippen LogP contribution in [0.15, 0.2) is 54.6 Å². The van der Waals surface area contributed by atoms with E-state index < -0.39 is 5.97 Å². The third kappa shape index (κ3) is 3.28. The number of hydrogen-bond acceptors (Lipinski definition) is 2. The molecule has 3 rings (SSSR count). The molecule has 4 heteroatoms. The molecule has 0 fully saturated rings. The molecule has 0 saturated carbocycles. The molecule has 0 unspecified atom stereocenters. The fourth-order valence-corrected chi connectivity index (χ4v) is 2.37. The highest BCUT2D eigenvalue weighted by Crippen LogP contribution is 2.25. The van der Waals surface area contributed by atoms with Gasteiger partial charge >= 0.3 is 5.97 Å². The number of H-pyrrole nitrogens is 1. The Balaban J connectivity index is 1.67. The zero-order valence-corrected chi connectivity index (χ0v) is 12.1. The van der Waals surface area contributed by atoms with E-state index in [-0.39, 0.29) is 6.42 Å². The highest BCUT2D eigenvalue weighted by atomic mass is 16.5. The molecular formula is C18H17NO3. The smallest absolute Gasteiger partial charge is 0.303 e. The molecule has 0 aliphatic heterocycles. The Morgan fingerprint density at radius 2 is 1.86 bits per heavy atom. The fourth-order valence-electron chi connectivity index (χ4n) is 2.37. The molecule has 4 nitrogen and oxygen atoms in total. The molecule has 0 atom stereocenters. The number of carboxylic acid groups (broad SMARTS) is 1. The van der Waals surface area contributed by atoms with Crippen LogP contribution in [0.25, 0.3) is 22.2 Å². The van der Waals surface area contributed by atoms with Gasteiger partial charge in [0.25, 0.3) is 0 Å². The maximum atomic E-state index is 10.4. The van der Waals surface area contributed by atoms with Crippen LogP contribution in [-0.2, 0) is 4.79 Å². The van der Waals surface area contributed by atoms with E-state index in [2.05, 4.69) is 23.2 Å². The lowest BCUT2D eigenvalue weighted by Crippen LogP contribution is -2.01. The third-order valence-corrected chi connectivity index (χ3v) is 3.50. The number of aromatic nitrogens is 1. The van der Waals surface area contributed by atoms with Crippen molar-refractivity contribution in [1.82, 2.24) is 4.98 Å². The van der Waals surface area contributed by atoms with Gasteiger partial charge < -0.3 is 14.8 Å². The Morgan fingerprint density at radius 1 is 1.09 bits per heavy atom. The van der Waals surface area contributed by atoms with Crippen LogP contribution in [0.4, 0.5) is 0 Å². The van der Waals surface area contributed by atoms with Crippen LogP contribution >= 0.6 is 0 Å². The summed E-state index contributed by atoms with van der Waals surface area (Å²) in [6, 6.07) is 18.1. The summed E-state index contributed by atoms with van der Waals surface area (Å²) in [5.41, 5.74) is 3.28. The predicted molar refractivity (Wildman–Crippen MR) is 86.1 cm³/mol. The molecule has 0 amide bonds. The Hall–Kier alpha value is -2.75. The first-order chi connectivity index (χ1) is 10.7. The molecule has 1 heterocycles. The second-order valence-corrected chi connectivity index (χ2v) is 5.14. The van der Waals surface area contributed by atoms with E-state index in [1.807, 2.05) is 36.4 Å². The number of carboxylic acids is 1. The predicted octanol–water partition coefficient (Wildman–Crippen LogP) is 4.08. The van der Waals surface area contributed by atoms with Crippen LogP contribution in [0.2, 0.25) is 0 Å². The van der Waals surface area contributed by atoms with Crippen LogP contribution in [0, 0.1) is 0 Å². The van der Waals surface area contributed by atoms with Crippen LogP contribution in [-0.4, -0.2) is 22.7 Å². The minimum absolute atomic E-state index is 0.132. The standard InChI is InChI=1S/C18H17NO3/c20-18(21)6-3-11-22-15-9-7-13(8-10-15)17-12-14-4-1-2-5-16(14)19-17/h1-2,4-5,7-10,12,19H,3,6,11H2,(H,20,21). The van der Waals surface area contributed by atoms with Gasteiger partial charge in [0.2, 0.25) is 0 Å². The van der Waals surface area contributed by atoms with Gasteiger partial charge in [-0.3, -0.25) is 4.79 Å². The monoisotopic (exact) mass is 295 g/mol. The van der Waals surface area contributed by atoms with Crippen LogP contribution < -0.4 is 4.74 Å². The van der Waals surface area contributed by atoms with E-state index in [1.165, 1.54) is 5.39 Å². The van der Waals surface area contributed by atoms with E-state index in [1.54, 1.807) is 0 Å². The van der Waals surface area contributed by atoms with Crippen molar-refractivity contribution in [3.05, 3.63) is 54.6 Å². The molecule has 0 spiro atoms. The van der Waals surface area contributed by atoms with Gasteiger partial charge in [0.05, 0.1) is 6.61 Å². The van der Waals surface area contributed by atoms with Gasteiger partial charge in [-0.1, -0.05) is 18.2 Å². The molecule has 112 valence electrons. The summed E-state index contributed by atoms with van der Waals surface area (Å²) in [5.74, 6) is -0.0389. The SMILES string of the molecule is O=C(O)CCCOc1ccc(-c2cc3ccccc3[nH]2)cc1. The van der Waals surface area contributed by atoms with Gasteiger partial charge in [-0.2, -0.15) is 0 Å². The first-order valence-corrected chi connectivity index (χ1v) is 7.25. The van der Waals surface area contributed by atoms with E-state index >= 15 is 0 Å². The quantitative estimate of drug-likeness (QED) is 0.674. The Labute approximate surface area is 128 Å². The summed E-state index contributed by atoms with van der Waals surface area (Å²) in [5, 5.41) is 9.76. The van der Waals surface area contributed by atoms with Crippen molar-refractivity contribution in [3.8, 4) is 17.0 Å². The number of fused-ring (bicyclic) bond motifs is 1. The number of aliphatic carboxylic acids is 1. The van der Waals surface area contributed by atoms with Crippen molar-refractivity contribution in [1.29, 1.82) is 0 Å². The molecule has 1 aromatic heterocycles. The number of benzene rings is 2. The minimum atomic E-state index is -0.794. The van der Waals surface area contributed by atoms with E-state index in [4.69, 9.17) is 9.84 Å². The number of hydrogen-bond donors (Lipinski definition) is 2. The number of aromatic amines is 1. The van der Waals surface area contributed by atoms with Crippen LogP contribution in [0.3, 0.4) is 0 Å². The third-order valence-electron chi connectivity index (χ3n) is 3.50. The normalized spacial score (nSPS) is 10.7. The topological polar surface area (TPSA) is 62.3 Å². The maximum absolute atomic E-state index is 10.4. The van der Waals surface area contributed by atoms with E-state index in [0.29, 0.717) is 13.0 Å². The molecular weight excluding hydrogens is 278 g/mol. The molecule has 0 aliphatic carbocycles. The average Bonchev–Trinajstić information content (AvgIpc) is 2.96. The second kappa shape index (κ2) is 6.35. The van der Waals surface area contributed by atoms with Gasteiger partial charge in [0.15, 0.2) is 0 Å². The number of ether oxygens (including phenoxy) is 1. The molecule has 2 N–H and O–H groups in total. The first kappa shape index (κ1) is 14.2. The second-order valence-electron chi connectivity index (χ2n) is 5.14. The molecule has 0 aliphatic rings. The summed E-state index contributed by atoms with van der Waals surface area (Å²) in [7, 11) is 0. The van der Waals surface area contributed by atoms with Crippen molar-refractivity contribution in [3.63, 3.8) is 0 Å². The maximum Gasteiger partial charge on any atom is 0.303 e. The van der Waals surface area contributed by atoms with Crippen molar-refractivity contribution in [2.75, 3.05) is 6.61 Å². The van der Waals surface area contributed by atoms with Crippen molar-refractivity contribution in [2.45, 2.75) is 12.8 Å². The molecule has 0 saturated heterocycles. The summed E-state index contributed by atoms with van der Waals surface area (Å²) in [4.78, 5) is 13.8. The summed E-state index contributed by atoms with van der Waals surface area (Å²) in [6.45, 7) is 0.415.